The molecule has 3 aromatic rings. The first kappa shape index (κ1) is 21.6. The third-order valence-corrected chi connectivity index (χ3v) is 5.21. The number of benzene rings is 2. The first-order valence-corrected chi connectivity index (χ1v) is 10.3. The second-order valence-corrected chi connectivity index (χ2v) is 8.63. The van der Waals surface area contributed by atoms with E-state index in [1.165, 1.54) is 0 Å². The topological polar surface area (TPSA) is 67.0 Å². The molecule has 0 amide bonds. The Hall–Kier alpha value is -3.10. The van der Waals surface area contributed by atoms with Gasteiger partial charge in [-0.15, -0.1) is 0 Å². The van der Waals surface area contributed by atoms with E-state index in [1.54, 1.807) is 23.8 Å². The summed E-state index contributed by atoms with van der Waals surface area (Å²) in [5.74, 6) is 0.657. The number of pyridine rings is 1. The Morgan fingerprint density at radius 2 is 1.80 bits per heavy atom. The van der Waals surface area contributed by atoms with E-state index in [0.717, 1.165) is 29.5 Å². The van der Waals surface area contributed by atoms with Crippen LogP contribution in [-0.2, 0) is 6.54 Å². The van der Waals surface area contributed by atoms with Gasteiger partial charge in [0.2, 0.25) is 0 Å². The molecular formula is C25H29N3O2. The smallest absolute Gasteiger partial charge is 0.259 e. The van der Waals surface area contributed by atoms with Crippen molar-refractivity contribution in [1.29, 1.82) is 5.26 Å². The summed E-state index contributed by atoms with van der Waals surface area (Å²) in [4.78, 5) is 13.3. The van der Waals surface area contributed by atoms with E-state index in [2.05, 4.69) is 32.2 Å². The van der Waals surface area contributed by atoms with E-state index in [-0.39, 0.29) is 11.0 Å². The van der Waals surface area contributed by atoms with E-state index < -0.39 is 0 Å². The maximum atomic E-state index is 13.3. The molecule has 1 aromatic heterocycles. The van der Waals surface area contributed by atoms with Crippen molar-refractivity contribution in [2.75, 3.05) is 20.2 Å². The third kappa shape index (κ3) is 4.72. The number of hydrogen-bond acceptors (Lipinski definition) is 4. The van der Waals surface area contributed by atoms with Gasteiger partial charge in [0.25, 0.3) is 5.56 Å². The number of nitrogens with one attached hydrogen (secondary N) is 1. The van der Waals surface area contributed by atoms with Crippen molar-refractivity contribution in [1.82, 2.24) is 9.88 Å². The summed E-state index contributed by atoms with van der Waals surface area (Å²) in [5.41, 5.74) is 2.15. The zero-order chi connectivity index (χ0) is 21.7. The van der Waals surface area contributed by atoms with Crippen molar-refractivity contribution in [3.63, 3.8) is 0 Å². The lowest BCUT2D eigenvalue weighted by molar-refractivity contribution is 0.365. The van der Waals surface area contributed by atoms with Crippen molar-refractivity contribution in [3.05, 3.63) is 64.6 Å². The van der Waals surface area contributed by atoms with Gasteiger partial charge in [-0.05, 0) is 42.1 Å². The van der Waals surface area contributed by atoms with Crippen LogP contribution in [-0.4, -0.2) is 24.8 Å². The summed E-state index contributed by atoms with van der Waals surface area (Å²) in [6.07, 6.45) is 1.04. The maximum absolute atomic E-state index is 13.3. The monoisotopic (exact) mass is 403 g/mol. The van der Waals surface area contributed by atoms with Gasteiger partial charge in [0, 0.05) is 29.4 Å². The van der Waals surface area contributed by atoms with Crippen LogP contribution < -0.4 is 15.6 Å². The molecule has 5 nitrogen and oxygen atoms in total. The number of ether oxygens (including phenoxy) is 1. The van der Waals surface area contributed by atoms with Crippen molar-refractivity contribution >= 4 is 10.8 Å². The van der Waals surface area contributed by atoms with Gasteiger partial charge in [-0.3, -0.25) is 9.36 Å². The summed E-state index contributed by atoms with van der Waals surface area (Å²) in [6.45, 7) is 8.55. The molecule has 0 saturated heterocycles. The van der Waals surface area contributed by atoms with Crippen LogP contribution in [0.3, 0.4) is 0 Å². The standard InChI is InChI=1S/C25H29N3O2/c1-25(2,3)12-13-27-14-15-28-22(17-26)23(18-8-6-5-7-9-18)21-16-19(30-4)10-11-20(21)24(28)29/h5-11,16,27H,12-15H2,1-4H3. The second-order valence-electron chi connectivity index (χ2n) is 8.63. The number of fused-ring (bicyclic) bond motifs is 1. The molecule has 0 aliphatic heterocycles. The molecule has 156 valence electrons. The Bertz CT molecular complexity index is 1120. The Morgan fingerprint density at radius 1 is 1.07 bits per heavy atom. The molecule has 0 saturated carbocycles. The molecular weight excluding hydrogens is 374 g/mol. The lowest BCUT2D eigenvalue weighted by atomic mass is 9.92. The Balaban J connectivity index is 2.08. The van der Waals surface area contributed by atoms with Gasteiger partial charge in [0.05, 0.1) is 7.11 Å². The van der Waals surface area contributed by atoms with E-state index in [9.17, 15) is 10.1 Å². The first-order valence-electron chi connectivity index (χ1n) is 10.3. The molecule has 3 rings (SSSR count). The number of aromatic nitrogens is 1. The molecule has 1 heterocycles. The molecule has 0 aliphatic rings. The van der Waals surface area contributed by atoms with Crippen molar-refractivity contribution in [3.8, 4) is 22.9 Å². The molecule has 2 aromatic carbocycles. The van der Waals surface area contributed by atoms with E-state index in [1.807, 2.05) is 36.4 Å². The number of methoxy groups -OCH3 is 1. The quantitative estimate of drug-likeness (QED) is 0.587. The zero-order valence-corrected chi connectivity index (χ0v) is 18.2. The van der Waals surface area contributed by atoms with E-state index in [4.69, 9.17) is 4.74 Å². The van der Waals surface area contributed by atoms with Crippen LogP contribution in [0.2, 0.25) is 0 Å². The van der Waals surface area contributed by atoms with Gasteiger partial charge in [0.15, 0.2) is 0 Å². The van der Waals surface area contributed by atoms with Crippen LogP contribution in [0.4, 0.5) is 0 Å². The van der Waals surface area contributed by atoms with Crippen LogP contribution in [0.1, 0.15) is 32.9 Å². The molecule has 0 aliphatic carbocycles. The fraction of sp³-hybridized carbons (Fsp3) is 0.360. The molecule has 0 radical (unpaired) electrons. The fourth-order valence-electron chi connectivity index (χ4n) is 3.56. The van der Waals surface area contributed by atoms with E-state index in [0.29, 0.717) is 29.9 Å². The predicted octanol–water partition coefficient (Wildman–Crippen LogP) is 4.57. The molecule has 0 unspecified atom stereocenters. The molecule has 0 bridgehead atoms. The molecule has 5 heteroatoms. The van der Waals surface area contributed by atoms with Gasteiger partial charge >= 0.3 is 0 Å². The summed E-state index contributed by atoms with van der Waals surface area (Å²) in [7, 11) is 1.60. The SMILES string of the molecule is COc1ccc2c(=O)n(CCNCCC(C)(C)C)c(C#N)c(-c3ccccc3)c2c1. The van der Waals surface area contributed by atoms with Gasteiger partial charge in [-0.2, -0.15) is 5.26 Å². The lowest BCUT2D eigenvalue weighted by Gasteiger charge is -2.19. The highest BCUT2D eigenvalue weighted by atomic mass is 16.5. The third-order valence-electron chi connectivity index (χ3n) is 5.21. The average Bonchev–Trinajstić information content (AvgIpc) is 2.73. The van der Waals surface area contributed by atoms with Crippen LogP contribution in [0.15, 0.2) is 53.3 Å². The molecule has 1 N–H and O–H groups in total. The number of nitrogens with zero attached hydrogens (tertiary/aromatic N) is 2. The number of hydrogen-bond donors (Lipinski definition) is 1. The van der Waals surface area contributed by atoms with Crippen molar-refractivity contribution < 1.29 is 4.74 Å². The van der Waals surface area contributed by atoms with Crippen LogP contribution in [0.5, 0.6) is 5.75 Å². The first-order chi connectivity index (χ1) is 14.4. The Kier molecular flexibility index (Phi) is 6.59. The van der Waals surface area contributed by atoms with Gasteiger partial charge in [0.1, 0.15) is 17.5 Å². The Morgan fingerprint density at radius 3 is 2.43 bits per heavy atom. The summed E-state index contributed by atoms with van der Waals surface area (Å²) < 4.78 is 6.97. The Labute approximate surface area is 177 Å². The fourth-order valence-corrected chi connectivity index (χ4v) is 3.56. The van der Waals surface area contributed by atoms with Gasteiger partial charge in [-0.1, -0.05) is 51.1 Å². The highest BCUT2D eigenvalue weighted by molar-refractivity contribution is 5.99. The summed E-state index contributed by atoms with van der Waals surface area (Å²) in [5, 5.41) is 14.7. The van der Waals surface area contributed by atoms with Crippen LogP contribution in [0.25, 0.3) is 21.9 Å². The maximum Gasteiger partial charge on any atom is 0.259 e. The molecule has 0 fully saturated rings. The zero-order valence-electron chi connectivity index (χ0n) is 18.2. The van der Waals surface area contributed by atoms with E-state index >= 15 is 0 Å². The van der Waals surface area contributed by atoms with Crippen LogP contribution in [0, 0.1) is 16.7 Å². The lowest BCUT2D eigenvalue weighted by Crippen LogP contribution is -2.30. The largest absolute Gasteiger partial charge is 0.497 e. The number of nitriles is 1. The predicted molar refractivity (Wildman–Crippen MR) is 122 cm³/mol. The molecule has 0 spiro atoms. The summed E-state index contributed by atoms with van der Waals surface area (Å²) in [6, 6.07) is 17.4. The number of rotatable bonds is 7. The highest BCUT2D eigenvalue weighted by Crippen LogP contribution is 2.32. The van der Waals surface area contributed by atoms with Crippen molar-refractivity contribution in [2.45, 2.75) is 33.7 Å². The highest BCUT2D eigenvalue weighted by Gasteiger charge is 2.18. The minimum absolute atomic E-state index is 0.151. The van der Waals surface area contributed by atoms with Crippen LogP contribution >= 0.6 is 0 Å². The molecule has 0 atom stereocenters. The molecule has 30 heavy (non-hydrogen) atoms. The van der Waals surface area contributed by atoms with Gasteiger partial charge in [-0.25, -0.2) is 0 Å². The minimum atomic E-state index is -0.151. The van der Waals surface area contributed by atoms with Gasteiger partial charge < -0.3 is 10.1 Å². The normalized spacial score (nSPS) is 11.4. The average molecular weight is 404 g/mol. The summed E-state index contributed by atoms with van der Waals surface area (Å²) >= 11 is 0. The van der Waals surface area contributed by atoms with Crippen molar-refractivity contribution in [2.24, 2.45) is 5.41 Å². The second kappa shape index (κ2) is 9.15. The minimum Gasteiger partial charge on any atom is -0.497 e.